The van der Waals surface area contributed by atoms with Crippen molar-refractivity contribution in [2.24, 2.45) is 5.73 Å². The molecule has 0 heterocycles. The van der Waals surface area contributed by atoms with Crippen molar-refractivity contribution >= 4 is 21.8 Å². The zero-order valence-corrected chi connectivity index (χ0v) is 12.4. The average molecular weight is 300 g/mol. The van der Waals surface area contributed by atoms with Crippen LogP contribution >= 0.6 is 0 Å². The predicted octanol–water partition coefficient (Wildman–Crippen LogP) is -0.0165. The fraction of sp³-hybridized carbons (Fsp3) is 0.417. The minimum atomic E-state index is -3.70. The molecule has 0 unspecified atom stereocenters. The molecule has 0 fully saturated rings. The number of para-hydroxylation sites is 1. The molecule has 0 aliphatic carbocycles. The average Bonchev–Trinajstić information content (AvgIpc) is 2.44. The van der Waals surface area contributed by atoms with Gasteiger partial charge in [-0.1, -0.05) is 12.1 Å². The van der Waals surface area contributed by atoms with Crippen molar-refractivity contribution in [1.82, 2.24) is 9.62 Å². The molecule has 1 aromatic rings. The Balaban J connectivity index is 2.95. The van der Waals surface area contributed by atoms with E-state index in [9.17, 15) is 13.2 Å². The third-order valence-electron chi connectivity index (χ3n) is 2.73. The van der Waals surface area contributed by atoms with E-state index in [1.54, 1.807) is 24.3 Å². The number of anilines is 1. The summed E-state index contributed by atoms with van der Waals surface area (Å²) in [6.45, 7) is 0.725. The number of benzene rings is 1. The SMILES string of the molecule is CNC(=O)c1ccccc1NS(=O)(=O)N(C)CCCN. The maximum atomic E-state index is 12.1. The van der Waals surface area contributed by atoms with Crippen LogP contribution in [0.4, 0.5) is 5.69 Å². The molecule has 0 bridgehead atoms. The van der Waals surface area contributed by atoms with Crippen LogP contribution in [0, 0.1) is 0 Å². The lowest BCUT2D eigenvalue weighted by atomic mass is 10.2. The molecule has 0 saturated carbocycles. The number of nitrogens with zero attached hydrogens (tertiary/aromatic N) is 1. The fourth-order valence-electron chi connectivity index (χ4n) is 1.56. The number of carbonyl (C=O) groups excluding carboxylic acids is 1. The van der Waals surface area contributed by atoms with E-state index in [2.05, 4.69) is 10.0 Å². The zero-order chi connectivity index (χ0) is 15.2. The molecule has 0 spiro atoms. The van der Waals surface area contributed by atoms with Gasteiger partial charge in [-0.15, -0.1) is 0 Å². The number of nitrogens with two attached hydrogens (primary N) is 1. The predicted molar refractivity (Wildman–Crippen MR) is 78.7 cm³/mol. The van der Waals surface area contributed by atoms with Gasteiger partial charge in [0, 0.05) is 20.6 Å². The van der Waals surface area contributed by atoms with E-state index >= 15 is 0 Å². The number of hydrogen-bond donors (Lipinski definition) is 3. The maximum Gasteiger partial charge on any atom is 0.301 e. The highest BCUT2D eigenvalue weighted by Gasteiger charge is 2.19. The van der Waals surface area contributed by atoms with E-state index in [1.165, 1.54) is 18.4 Å². The molecule has 0 aliphatic heterocycles. The highest BCUT2D eigenvalue weighted by atomic mass is 32.2. The minimum absolute atomic E-state index is 0.242. The van der Waals surface area contributed by atoms with Crippen molar-refractivity contribution < 1.29 is 13.2 Å². The summed E-state index contributed by atoms with van der Waals surface area (Å²) in [5, 5.41) is 2.47. The van der Waals surface area contributed by atoms with Crippen LogP contribution in [-0.4, -0.2) is 45.8 Å². The Morgan fingerprint density at radius 3 is 2.60 bits per heavy atom. The van der Waals surface area contributed by atoms with Gasteiger partial charge < -0.3 is 11.1 Å². The number of carbonyl (C=O) groups is 1. The Kier molecular flexibility index (Phi) is 5.93. The lowest BCUT2D eigenvalue weighted by Crippen LogP contribution is -2.34. The normalized spacial score (nSPS) is 11.4. The molecule has 1 aromatic carbocycles. The van der Waals surface area contributed by atoms with Gasteiger partial charge in [0.1, 0.15) is 0 Å². The first-order valence-corrected chi connectivity index (χ1v) is 7.61. The Labute approximate surface area is 119 Å². The van der Waals surface area contributed by atoms with E-state index in [0.29, 0.717) is 19.5 Å². The van der Waals surface area contributed by atoms with Gasteiger partial charge in [0.2, 0.25) is 0 Å². The minimum Gasteiger partial charge on any atom is -0.355 e. The van der Waals surface area contributed by atoms with Crippen molar-refractivity contribution in [1.29, 1.82) is 0 Å². The summed E-state index contributed by atoms with van der Waals surface area (Å²) in [6.07, 6.45) is 0.564. The van der Waals surface area contributed by atoms with Crippen molar-refractivity contribution in [3.63, 3.8) is 0 Å². The van der Waals surface area contributed by atoms with Crippen LogP contribution in [0.15, 0.2) is 24.3 Å². The van der Waals surface area contributed by atoms with Crippen molar-refractivity contribution in [2.75, 3.05) is 31.9 Å². The molecule has 4 N–H and O–H groups in total. The first-order chi connectivity index (χ1) is 9.42. The quantitative estimate of drug-likeness (QED) is 0.658. The molecule has 0 aromatic heterocycles. The summed E-state index contributed by atoms with van der Waals surface area (Å²) >= 11 is 0. The Bertz CT molecular complexity index is 560. The highest BCUT2D eigenvalue weighted by molar-refractivity contribution is 7.90. The molecule has 20 heavy (non-hydrogen) atoms. The Morgan fingerprint density at radius 1 is 1.35 bits per heavy atom. The first-order valence-electron chi connectivity index (χ1n) is 6.17. The third kappa shape index (κ3) is 4.19. The van der Waals surface area contributed by atoms with Crippen molar-refractivity contribution in [3.8, 4) is 0 Å². The third-order valence-corrected chi connectivity index (χ3v) is 4.21. The molecule has 0 saturated heterocycles. The Hall–Kier alpha value is -1.64. The largest absolute Gasteiger partial charge is 0.355 e. The van der Waals surface area contributed by atoms with Gasteiger partial charge in [-0.25, -0.2) is 0 Å². The summed E-state index contributed by atoms with van der Waals surface area (Å²) in [4.78, 5) is 11.7. The monoisotopic (exact) mass is 300 g/mol. The molecule has 7 nitrogen and oxygen atoms in total. The van der Waals surface area contributed by atoms with E-state index < -0.39 is 10.2 Å². The summed E-state index contributed by atoms with van der Waals surface area (Å²) in [7, 11) is -0.756. The zero-order valence-electron chi connectivity index (χ0n) is 11.6. The molecule has 0 aliphatic rings. The van der Waals surface area contributed by atoms with Gasteiger partial charge in [-0.2, -0.15) is 12.7 Å². The second-order valence-electron chi connectivity index (χ2n) is 4.20. The van der Waals surface area contributed by atoms with Crippen LogP contribution in [0.3, 0.4) is 0 Å². The molecule has 0 radical (unpaired) electrons. The number of amides is 1. The standard InChI is InChI=1S/C12H20N4O3S/c1-14-12(17)10-6-3-4-7-11(10)15-20(18,19)16(2)9-5-8-13/h3-4,6-7,15H,5,8-9,13H2,1-2H3,(H,14,17). The van der Waals surface area contributed by atoms with Crippen molar-refractivity contribution in [3.05, 3.63) is 29.8 Å². The summed E-state index contributed by atoms with van der Waals surface area (Å²) in [6, 6.07) is 6.42. The van der Waals surface area contributed by atoms with Gasteiger partial charge in [0.25, 0.3) is 5.91 Å². The molecule has 8 heteroatoms. The molecule has 1 amide bonds. The Morgan fingerprint density at radius 2 is 2.00 bits per heavy atom. The lowest BCUT2D eigenvalue weighted by molar-refractivity contribution is 0.0964. The molecule has 112 valence electrons. The maximum absolute atomic E-state index is 12.1. The van der Waals surface area contributed by atoms with Crippen LogP contribution in [-0.2, 0) is 10.2 Å². The summed E-state index contributed by atoms with van der Waals surface area (Å²) in [5.74, 6) is -0.354. The van der Waals surface area contributed by atoms with Crippen LogP contribution < -0.4 is 15.8 Å². The lowest BCUT2D eigenvalue weighted by Gasteiger charge is -2.19. The van der Waals surface area contributed by atoms with Gasteiger partial charge in [-0.05, 0) is 25.1 Å². The second kappa shape index (κ2) is 7.22. The van der Waals surface area contributed by atoms with Crippen LogP contribution in [0.2, 0.25) is 0 Å². The summed E-state index contributed by atoms with van der Waals surface area (Å²) in [5.41, 5.74) is 5.87. The van der Waals surface area contributed by atoms with Gasteiger partial charge in [-0.3, -0.25) is 9.52 Å². The van der Waals surface area contributed by atoms with E-state index in [4.69, 9.17) is 5.73 Å². The number of hydrogen-bond acceptors (Lipinski definition) is 4. The molecule has 1 rings (SSSR count). The van der Waals surface area contributed by atoms with E-state index in [1.807, 2.05) is 0 Å². The molecular weight excluding hydrogens is 280 g/mol. The topological polar surface area (TPSA) is 105 Å². The number of nitrogens with one attached hydrogen (secondary N) is 2. The summed E-state index contributed by atoms with van der Waals surface area (Å²) < 4.78 is 27.8. The molecular formula is C12H20N4O3S. The van der Waals surface area contributed by atoms with Gasteiger partial charge in [0.15, 0.2) is 0 Å². The highest BCUT2D eigenvalue weighted by Crippen LogP contribution is 2.17. The van der Waals surface area contributed by atoms with Gasteiger partial charge in [0.05, 0.1) is 11.3 Å². The first kappa shape index (κ1) is 16.4. The fourth-order valence-corrected chi connectivity index (χ4v) is 2.54. The van der Waals surface area contributed by atoms with Crippen molar-refractivity contribution in [2.45, 2.75) is 6.42 Å². The van der Waals surface area contributed by atoms with Crippen LogP contribution in [0.1, 0.15) is 16.8 Å². The van der Waals surface area contributed by atoms with E-state index in [-0.39, 0.29) is 17.2 Å². The number of rotatable bonds is 7. The van der Waals surface area contributed by atoms with E-state index in [0.717, 1.165) is 0 Å². The molecule has 0 atom stereocenters. The smallest absolute Gasteiger partial charge is 0.301 e. The second-order valence-corrected chi connectivity index (χ2v) is 5.97. The van der Waals surface area contributed by atoms with Gasteiger partial charge >= 0.3 is 10.2 Å². The van der Waals surface area contributed by atoms with Crippen LogP contribution in [0.25, 0.3) is 0 Å². The van der Waals surface area contributed by atoms with Crippen LogP contribution in [0.5, 0.6) is 0 Å².